The summed E-state index contributed by atoms with van der Waals surface area (Å²) < 4.78 is 0. The average molecular weight is 268 g/mol. The van der Waals surface area contributed by atoms with Crippen LogP contribution in [0.25, 0.3) is 0 Å². The predicted molar refractivity (Wildman–Crippen MR) is 85.1 cm³/mol. The zero-order valence-electron chi connectivity index (χ0n) is 12.9. The number of rotatable bonds is 4. The van der Waals surface area contributed by atoms with Crippen molar-refractivity contribution in [3.8, 4) is 0 Å². The van der Waals surface area contributed by atoms with Gasteiger partial charge >= 0.3 is 0 Å². The minimum Gasteiger partial charge on any atom is -0.388 e. The largest absolute Gasteiger partial charge is 0.388 e. The number of hydrogen-bond donors (Lipinski definition) is 1. The zero-order chi connectivity index (χ0) is 14.7. The monoisotopic (exact) mass is 268 g/mol. The molecule has 0 amide bonds. The minimum atomic E-state index is -0.431. The smallest absolute Gasteiger partial charge is 0.0833 e. The lowest BCUT2D eigenvalue weighted by Gasteiger charge is -2.15. The molecule has 0 aliphatic heterocycles. The van der Waals surface area contributed by atoms with E-state index in [2.05, 4.69) is 70.2 Å². The number of aliphatic hydroxyl groups excluding tert-OH is 1. The van der Waals surface area contributed by atoms with Gasteiger partial charge in [0.15, 0.2) is 0 Å². The van der Waals surface area contributed by atoms with Crippen molar-refractivity contribution in [1.29, 1.82) is 0 Å². The molecule has 1 unspecified atom stereocenters. The van der Waals surface area contributed by atoms with Gasteiger partial charge in [-0.05, 0) is 42.0 Å². The highest BCUT2D eigenvalue weighted by molar-refractivity contribution is 5.34. The topological polar surface area (TPSA) is 20.2 Å². The second-order valence-corrected chi connectivity index (χ2v) is 5.98. The first-order chi connectivity index (χ1) is 9.47. The Balaban J connectivity index is 2.14. The van der Waals surface area contributed by atoms with Crippen LogP contribution in [0.15, 0.2) is 42.5 Å². The Labute approximate surface area is 122 Å². The Morgan fingerprint density at radius 3 is 2.20 bits per heavy atom. The van der Waals surface area contributed by atoms with Crippen molar-refractivity contribution in [3.05, 3.63) is 70.3 Å². The van der Waals surface area contributed by atoms with Gasteiger partial charge in [-0.15, -0.1) is 0 Å². The molecule has 0 radical (unpaired) electrons. The molecule has 0 saturated heterocycles. The summed E-state index contributed by atoms with van der Waals surface area (Å²) in [6.07, 6.45) is 0.239. The second-order valence-electron chi connectivity index (χ2n) is 5.98. The van der Waals surface area contributed by atoms with Crippen molar-refractivity contribution in [2.75, 3.05) is 0 Å². The van der Waals surface area contributed by atoms with Crippen molar-refractivity contribution in [3.63, 3.8) is 0 Å². The SMILES string of the molecule is Cc1ccc(C)c(C(O)Cc2ccc(C(C)C)cc2)c1. The number of hydrogen-bond acceptors (Lipinski definition) is 1. The maximum Gasteiger partial charge on any atom is 0.0833 e. The molecule has 0 aliphatic carbocycles. The number of aliphatic hydroxyl groups is 1. The number of aryl methyl sites for hydroxylation is 2. The molecule has 0 heterocycles. The standard InChI is InChI=1S/C19H24O/c1-13(2)17-9-7-16(8-10-17)12-19(20)18-11-14(3)5-6-15(18)4/h5-11,13,19-20H,12H2,1-4H3. The van der Waals surface area contributed by atoms with E-state index in [1.54, 1.807) is 0 Å². The molecule has 0 bridgehead atoms. The molecule has 1 heteroatoms. The molecule has 0 saturated carbocycles. The lowest BCUT2D eigenvalue weighted by atomic mass is 9.95. The molecule has 2 aromatic rings. The first-order valence-corrected chi connectivity index (χ1v) is 7.31. The predicted octanol–water partition coefficient (Wildman–Crippen LogP) is 4.70. The van der Waals surface area contributed by atoms with Crippen molar-refractivity contribution >= 4 is 0 Å². The van der Waals surface area contributed by atoms with Gasteiger partial charge in [0.05, 0.1) is 6.10 Å². The lowest BCUT2D eigenvalue weighted by molar-refractivity contribution is 0.177. The molecule has 0 aromatic heterocycles. The highest BCUT2D eigenvalue weighted by atomic mass is 16.3. The van der Waals surface area contributed by atoms with Gasteiger partial charge in [0.2, 0.25) is 0 Å². The van der Waals surface area contributed by atoms with Crippen molar-refractivity contribution < 1.29 is 5.11 Å². The van der Waals surface area contributed by atoms with E-state index in [9.17, 15) is 5.11 Å². The maximum absolute atomic E-state index is 10.5. The normalized spacial score (nSPS) is 12.7. The van der Waals surface area contributed by atoms with E-state index in [1.165, 1.54) is 16.7 Å². The van der Waals surface area contributed by atoms with Gasteiger partial charge < -0.3 is 5.11 Å². The fraction of sp³-hybridized carbons (Fsp3) is 0.368. The van der Waals surface area contributed by atoms with Crippen LogP contribution in [-0.4, -0.2) is 5.11 Å². The average Bonchev–Trinajstić information content (AvgIpc) is 2.42. The third-order valence-electron chi connectivity index (χ3n) is 3.87. The van der Waals surface area contributed by atoms with Crippen LogP contribution in [0.5, 0.6) is 0 Å². The summed E-state index contributed by atoms with van der Waals surface area (Å²) in [4.78, 5) is 0. The summed E-state index contributed by atoms with van der Waals surface area (Å²) in [5.74, 6) is 0.549. The van der Waals surface area contributed by atoms with Gasteiger partial charge in [-0.2, -0.15) is 0 Å². The first kappa shape index (κ1) is 14.8. The third-order valence-corrected chi connectivity index (χ3v) is 3.87. The van der Waals surface area contributed by atoms with Gasteiger partial charge in [-0.25, -0.2) is 0 Å². The third kappa shape index (κ3) is 3.49. The number of benzene rings is 2. The van der Waals surface area contributed by atoms with Crippen molar-refractivity contribution in [2.24, 2.45) is 0 Å². The van der Waals surface area contributed by atoms with Crippen LogP contribution in [0.4, 0.5) is 0 Å². The Morgan fingerprint density at radius 1 is 0.950 bits per heavy atom. The minimum absolute atomic E-state index is 0.431. The summed E-state index contributed by atoms with van der Waals surface area (Å²) in [6, 6.07) is 14.8. The first-order valence-electron chi connectivity index (χ1n) is 7.31. The summed E-state index contributed by atoms with van der Waals surface area (Å²) >= 11 is 0. The van der Waals surface area contributed by atoms with E-state index in [0.717, 1.165) is 11.1 Å². The quantitative estimate of drug-likeness (QED) is 0.852. The van der Waals surface area contributed by atoms with Crippen LogP contribution >= 0.6 is 0 Å². The van der Waals surface area contributed by atoms with E-state index in [0.29, 0.717) is 12.3 Å². The van der Waals surface area contributed by atoms with Crippen LogP contribution in [0, 0.1) is 13.8 Å². The van der Waals surface area contributed by atoms with Crippen molar-refractivity contribution in [1.82, 2.24) is 0 Å². The Hall–Kier alpha value is -1.60. The zero-order valence-corrected chi connectivity index (χ0v) is 12.9. The summed E-state index contributed by atoms with van der Waals surface area (Å²) in [7, 11) is 0. The van der Waals surface area contributed by atoms with E-state index in [4.69, 9.17) is 0 Å². The van der Waals surface area contributed by atoms with Gasteiger partial charge in [0.1, 0.15) is 0 Å². The molecule has 20 heavy (non-hydrogen) atoms. The highest BCUT2D eigenvalue weighted by Crippen LogP contribution is 2.24. The second kappa shape index (κ2) is 6.23. The molecule has 1 nitrogen and oxygen atoms in total. The van der Waals surface area contributed by atoms with Crippen molar-refractivity contribution in [2.45, 2.75) is 46.1 Å². The molecule has 1 atom stereocenters. The molecular weight excluding hydrogens is 244 g/mol. The van der Waals surface area contributed by atoms with Gasteiger partial charge in [-0.3, -0.25) is 0 Å². The lowest BCUT2D eigenvalue weighted by Crippen LogP contribution is -2.04. The van der Waals surface area contributed by atoms with Crippen LogP contribution in [-0.2, 0) is 6.42 Å². The van der Waals surface area contributed by atoms with Crippen LogP contribution < -0.4 is 0 Å². The van der Waals surface area contributed by atoms with Crippen LogP contribution in [0.3, 0.4) is 0 Å². The Bertz CT molecular complexity index is 567. The van der Waals surface area contributed by atoms with Gasteiger partial charge in [-0.1, -0.05) is 61.9 Å². The van der Waals surface area contributed by atoms with Crippen LogP contribution in [0.1, 0.15) is 53.7 Å². The summed E-state index contributed by atoms with van der Waals surface area (Å²) in [5.41, 5.74) is 5.91. The summed E-state index contributed by atoms with van der Waals surface area (Å²) in [5, 5.41) is 10.5. The Kier molecular flexibility index (Phi) is 4.61. The summed E-state index contributed by atoms with van der Waals surface area (Å²) in [6.45, 7) is 8.51. The van der Waals surface area contributed by atoms with E-state index in [1.807, 2.05) is 0 Å². The highest BCUT2D eigenvalue weighted by Gasteiger charge is 2.11. The molecular formula is C19H24O. The van der Waals surface area contributed by atoms with Crippen LogP contribution in [0.2, 0.25) is 0 Å². The molecule has 0 spiro atoms. The fourth-order valence-corrected chi connectivity index (χ4v) is 2.49. The van der Waals surface area contributed by atoms with Gasteiger partial charge in [0.25, 0.3) is 0 Å². The maximum atomic E-state index is 10.5. The Morgan fingerprint density at radius 2 is 1.60 bits per heavy atom. The van der Waals surface area contributed by atoms with E-state index in [-0.39, 0.29) is 0 Å². The molecule has 2 rings (SSSR count). The molecule has 0 aliphatic rings. The fourth-order valence-electron chi connectivity index (χ4n) is 2.49. The van der Waals surface area contributed by atoms with Gasteiger partial charge in [0, 0.05) is 6.42 Å². The van der Waals surface area contributed by atoms with E-state index < -0.39 is 6.10 Å². The molecule has 106 valence electrons. The molecule has 1 N–H and O–H groups in total. The molecule has 0 fully saturated rings. The van der Waals surface area contributed by atoms with E-state index >= 15 is 0 Å². The molecule has 2 aromatic carbocycles.